The van der Waals surface area contributed by atoms with Gasteiger partial charge in [0.15, 0.2) is 0 Å². The highest BCUT2D eigenvalue weighted by molar-refractivity contribution is 9.11. The molecule has 0 heterocycles. The van der Waals surface area contributed by atoms with Crippen molar-refractivity contribution >= 4 is 31.5 Å². The summed E-state index contributed by atoms with van der Waals surface area (Å²) >= 11 is 3.02. The molecule has 0 spiro atoms. The van der Waals surface area contributed by atoms with Gasteiger partial charge in [-0.15, -0.1) is 0 Å². The molecule has 0 unspecified atom stereocenters. The molecule has 0 aliphatic rings. The molecular formula is C10H9BrF3NO2S. The van der Waals surface area contributed by atoms with E-state index in [1.807, 2.05) is 0 Å². The summed E-state index contributed by atoms with van der Waals surface area (Å²) in [7, 11) is -5.36. The predicted octanol–water partition coefficient (Wildman–Crippen LogP) is 3.30. The zero-order valence-corrected chi connectivity index (χ0v) is 11.4. The van der Waals surface area contributed by atoms with Crippen molar-refractivity contribution in [2.75, 3.05) is 11.9 Å². The lowest BCUT2D eigenvalue weighted by molar-refractivity contribution is -0.0435. The minimum absolute atomic E-state index is 0.115. The Balaban J connectivity index is 3.22. The Labute approximate surface area is 111 Å². The second kappa shape index (κ2) is 5.31. The Morgan fingerprint density at radius 1 is 1.33 bits per heavy atom. The molecule has 0 aliphatic heterocycles. The maximum atomic E-state index is 12.5. The van der Waals surface area contributed by atoms with Gasteiger partial charge in [0.05, 0.1) is 10.6 Å². The van der Waals surface area contributed by atoms with Crippen LogP contribution >= 0.6 is 15.9 Å². The zero-order chi connectivity index (χ0) is 14.0. The molecule has 100 valence electrons. The zero-order valence-electron chi connectivity index (χ0n) is 8.96. The van der Waals surface area contributed by atoms with Gasteiger partial charge in [0.2, 0.25) is 0 Å². The van der Waals surface area contributed by atoms with E-state index >= 15 is 0 Å². The van der Waals surface area contributed by atoms with Crippen LogP contribution in [-0.4, -0.2) is 20.5 Å². The molecule has 1 rings (SSSR count). The summed E-state index contributed by atoms with van der Waals surface area (Å²) in [6.07, 6.45) is 0. The van der Waals surface area contributed by atoms with Gasteiger partial charge in [-0.2, -0.15) is 13.2 Å². The normalized spacial score (nSPS) is 12.2. The number of alkyl halides is 3. The average molecular weight is 344 g/mol. The molecule has 8 heteroatoms. The molecule has 0 saturated heterocycles. The molecule has 0 saturated carbocycles. The third-order valence-corrected chi connectivity index (χ3v) is 3.78. The van der Waals surface area contributed by atoms with Crippen molar-refractivity contribution in [3.63, 3.8) is 0 Å². The van der Waals surface area contributed by atoms with Gasteiger partial charge in [0, 0.05) is 11.0 Å². The number of hydrogen-bond acceptors (Lipinski definition) is 3. The van der Waals surface area contributed by atoms with Crippen LogP contribution in [0.15, 0.2) is 40.2 Å². The Morgan fingerprint density at radius 3 is 2.39 bits per heavy atom. The van der Waals surface area contributed by atoms with E-state index in [2.05, 4.69) is 27.8 Å². The average Bonchev–Trinajstić information content (AvgIpc) is 2.25. The minimum Gasteiger partial charge on any atom is -0.379 e. The lowest BCUT2D eigenvalue weighted by Gasteiger charge is -2.13. The first-order valence-corrected chi connectivity index (χ1v) is 6.91. The molecule has 0 aliphatic carbocycles. The van der Waals surface area contributed by atoms with Crippen LogP contribution in [0.1, 0.15) is 0 Å². The van der Waals surface area contributed by atoms with Crippen molar-refractivity contribution in [2.24, 2.45) is 0 Å². The van der Waals surface area contributed by atoms with Crippen LogP contribution in [-0.2, 0) is 9.84 Å². The molecule has 0 radical (unpaired) electrons. The fourth-order valence-corrected chi connectivity index (χ4v) is 2.24. The number of halogens is 4. The van der Waals surface area contributed by atoms with Crippen molar-refractivity contribution < 1.29 is 21.6 Å². The number of nitrogens with one attached hydrogen (secondary N) is 1. The molecule has 0 atom stereocenters. The van der Waals surface area contributed by atoms with Gasteiger partial charge in [-0.3, -0.25) is 0 Å². The maximum Gasteiger partial charge on any atom is 0.501 e. The molecule has 3 nitrogen and oxygen atoms in total. The minimum atomic E-state index is -5.36. The first kappa shape index (κ1) is 15.0. The summed E-state index contributed by atoms with van der Waals surface area (Å²) in [5.74, 6) is 0. The Bertz CT molecular complexity index is 554. The Kier molecular flexibility index (Phi) is 4.44. The van der Waals surface area contributed by atoms with Crippen LogP contribution in [0.3, 0.4) is 0 Å². The topological polar surface area (TPSA) is 46.2 Å². The molecule has 0 fully saturated rings. The number of anilines is 1. The summed E-state index contributed by atoms with van der Waals surface area (Å²) in [5.41, 5.74) is -5.44. The van der Waals surface area contributed by atoms with Crippen molar-refractivity contribution in [3.05, 3.63) is 35.3 Å². The van der Waals surface area contributed by atoms with Gasteiger partial charge < -0.3 is 5.32 Å². The van der Waals surface area contributed by atoms with E-state index in [0.29, 0.717) is 4.48 Å². The van der Waals surface area contributed by atoms with E-state index in [9.17, 15) is 21.6 Å². The molecule has 0 bridgehead atoms. The lowest BCUT2D eigenvalue weighted by Crippen LogP contribution is -2.24. The monoisotopic (exact) mass is 343 g/mol. The van der Waals surface area contributed by atoms with Crippen LogP contribution in [0.25, 0.3) is 0 Å². The van der Waals surface area contributed by atoms with Crippen LogP contribution < -0.4 is 5.32 Å². The summed E-state index contributed by atoms with van der Waals surface area (Å²) in [6.45, 7) is 3.61. The van der Waals surface area contributed by atoms with E-state index < -0.39 is 20.2 Å². The van der Waals surface area contributed by atoms with Crippen molar-refractivity contribution in [1.29, 1.82) is 0 Å². The van der Waals surface area contributed by atoms with Gasteiger partial charge in [0.25, 0.3) is 9.84 Å². The van der Waals surface area contributed by atoms with Crippen LogP contribution in [0.5, 0.6) is 0 Å². The van der Waals surface area contributed by atoms with E-state index in [1.165, 1.54) is 18.2 Å². The van der Waals surface area contributed by atoms with Crippen molar-refractivity contribution in [3.8, 4) is 0 Å². The third-order valence-electron chi connectivity index (χ3n) is 1.95. The molecule has 1 N–H and O–H groups in total. The quantitative estimate of drug-likeness (QED) is 0.912. The second-order valence-electron chi connectivity index (χ2n) is 3.32. The Hall–Kier alpha value is -1.02. The van der Waals surface area contributed by atoms with E-state index in [0.717, 1.165) is 6.07 Å². The van der Waals surface area contributed by atoms with Gasteiger partial charge in [-0.05, 0) is 12.1 Å². The Morgan fingerprint density at radius 2 is 1.89 bits per heavy atom. The predicted molar refractivity (Wildman–Crippen MR) is 66.2 cm³/mol. The summed E-state index contributed by atoms with van der Waals surface area (Å²) in [6, 6.07) is 4.83. The highest BCUT2D eigenvalue weighted by atomic mass is 79.9. The molecule has 0 aromatic heterocycles. The smallest absolute Gasteiger partial charge is 0.379 e. The first-order chi connectivity index (χ1) is 8.16. The SMILES string of the molecule is C=C(Br)CNc1ccccc1S(=O)(=O)C(F)(F)F. The number of rotatable bonds is 4. The van der Waals surface area contributed by atoms with E-state index in [1.54, 1.807) is 0 Å². The second-order valence-corrected chi connectivity index (χ2v) is 6.35. The highest BCUT2D eigenvalue weighted by Gasteiger charge is 2.47. The van der Waals surface area contributed by atoms with Gasteiger partial charge >= 0.3 is 5.51 Å². The van der Waals surface area contributed by atoms with Crippen LogP contribution in [0.4, 0.5) is 18.9 Å². The van der Waals surface area contributed by atoms with Crippen LogP contribution in [0, 0.1) is 0 Å². The van der Waals surface area contributed by atoms with Gasteiger partial charge in [0.1, 0.15) is 0 Å². The standard InChI is InChI=1S/C10H9BrF3NO2S/c1-7(11)6-15-8-4-2-3-5-9(8)18(16,17)10(12,13)14/h2-5,15H,1,6H2. The number of benzene rings is 1. The van der Waals surface area contributed by atoms with Crippen LogP contribution in [0.2, 0.25) is 0 Å². The lowest BCUT2D eigenvalue weighted by atomic mass is 10.3. The first-order valence-electron chi connectivity index (χ1n) is 4.64. The fourth-order valence-electron chi connectivity index (χ4n) is 1.16. The summed E-state index contributed by atoms with van der Waals surface area (Å²) in [4.78, 5) is -0.800. The molecule has 1 aromatic carbocycles. The van der Waals surface area contributed by atoms with Gasteiger partial charge in [-0.25, -0.2) is 8.42 Å². The highest BCUT2D eigenvalue weighted by Crippen LogP contribution is 2.34. The summed E-state index contributed by atoms with van der Waals surface area (Å²) < 4.78 is 60.5. The largest absolute Gasteiger partial charge is 0.501 e. The number of para-hydroxylation sites is 1. The van der Waals surface area contributed by atoms with Crippen molar-refractivity contribution in [1.82, 2.24) is 0 Å². The molecule has 18 heavy (non-hydrogen) atoms. The molecule has 0 amide bonds. The molecular weight excluding hydrogens is 335 g/mol. The maximum absolute atomic E-state index is 12.5. The summed E-state index contributed by atoms with van der Waals surface area (Å²) in [5, 5.41) is 2.57. The number of sulfone groups is 1. The third kappa shape index (κ3) is 3.26. The molecule has 1 aromatic rings. The van der Waals surface area contributed by atoms with E-state index in [-0.39, 0.29) is 12.2 Å². The fraction of sp³-hybridized carbons (Fsp3) is 0.200. The van der Waals surface area contributed by atoms with E-state index in [4.69, 9.17) is 0 Å². The number of hydrogen-bond donors (Lipinski definition) is 1. The van der Waals surface area contributed by atoms with Gasteiger partial charge in [-0.1, -0.05) is 34.6 Å². The van der Waals surface area contributed by atoms with Crippen molar-refractivity contribution in [2.45, 2.75) is 10.4 Å².